The highest BCUT2D eigenvalue weighted by Crippen LogP contribution is 2.46. The molecule has 1 aliphatic carbocycles. The SMILES string of the molecule is CC1=CC(c2nc(-c3cc(C)cc(C)c3)nc(-c3cccc(-c4nc5ccc(-c6cccc(-c7nc(-c8ccccc8)nc(-c8ccc(C(c9ccccc9)(c9ccccc9)c9ccc(-c%10nc%11ccccc%11o%10)cc9)cc8)n7)c6)cc5o4)c3)n2)=CC(C)C1C. The molecule has 0 N–H and O–H groups in total. The van der Waals surface area contributed by atoms with Crippen molar-refractivity contribution < 1.29 is 8.83 Å². The molecule has 432 valence electrons. The lowest BCUT2D eigenvalue weighted by atomic mass is 9.65. The molecule has 10 nitrogen and oxygen atoms in total. The maximum absolute atomic E-state index is 6.64. The van der Waals surface area contributed by atoms with E-state index < -0.39 is 5.41 Å². The Morgan fingerprint density at radius 1 is 0.311 bits per heavy atom. The van der Waals surface area contributed by atoms with Crippen molar-refractivity contribution >= 4 is 27.8 Å². The molecular weight excluding hydrogens is 1100 g/mol. The molecule has 10 aromatic carbocycles. The van der Waals surface area contributed by atoms with Crippen LogP contribution >= 0.6 is 0 Å². The van der Waals surface area contributed by atoms with Crippen LogP contribution in [0.15, 0.2) is 275 Å². The number of aryl methyl sites for hydroxylation is 2. The number of rotatable bonds is 13. The van der Waals surface area contributed by atoms with Gasteiger partial charge in [0.1, 0.15) is 11.0 Å². The van der Waals surface area contributed by atoms with Crippen LogP contribution in [0.2, 0.25) is 0 Å². The minimum atomic E-state index is -0.711. The van der Waals surface area contributed by atoms with Crippen LogP contribution in [-0.2, 0) is 5.41 Å². The molecule has 4 aromatic heterocycles. The number of fused-ring (bicyclic) bond motifs is 2. The van der Waals surface area contributed by atoms with Crippen LogP contribution in [0.3, 0.4) is 0 Å². The Balaban J connectivity index is 0.764. The maximum Gasteiger partial charge on any atom is 0.227 e. The third-order valence-corrected chi connectivity index (χ3v) is 17.4. The Hall–Kier alpha value is -11.4. The highest BCUT2D eigenvalue weighted by atomic mass is 16.4. The van der Waals surface area contributed by atoms with Crippen LogP contribution in [0.5, 0.6) is 0 Å². The minimum Gasteiger partial charge on any atom is -0.436 e. The van der Waals surface area contributed by atoms with Crippen molar-refractivity contribution in [3.05, 3.63) is 306 Å². The fourth-order valence-corrected chi connectivity index (χ4v) is 12.6. The highest BCUT2D eigenvalue weighted by molar-refractivity contribution is 5.85. The summed E-state index contributed by atoms with van der Waals surface area (Å²) in [5.74, 6) is 5.39. The van der Waals surface area contributed by atoms with Crippen LogP contribution in [-0.4, -0.2) is 39.9 Å². The molecule has 4 heterocycles. The molecule has 15 rings (SSSR count). The topological polar surface area (TPSA) is 129 Å². The van der Waals surface area contributed by atoms with Gasteiger partial charge in [0.05, 0.1) is 5.41 Å². The van der Waals surface area contributed by atoms with Crippen LogP contribution < -0.4 is 0 Å². The summed E-state index contributed by atoms with van der Waals surface area (Å²) in [6, 6.07) is 85.6. The quantitative estimate of drug-likeness (QED) is 0.103. The van der Waals surface area contributed by atoms with Crippen LogP contribution in [0.1, 0.15) is 60.0 Å². The predicted octanol–water partition coefficient (Wildman–Crippen LogP) is 19.3. The Bertz CT molecular complexity index is 4980. The lowest BCUT2D eigenvalue weighted by Gasteiger charge is -2.37. The van der Waals surface area contributed by atoms with Crippen LogP contribution in [0, 0.1) is 25.7 Å². The number of hydrogen-bond donors (Lipinski definition) is 0. The van der Waals surface area contributed by atoms with Gasteiger partial charge in [-0.25, -0.2) is 39.9 Å². The fraction of sp³-hybridized carbons (Fsp3) is 0.100. The summed E-state index contributed by atoms with van der Waals surface area (Å²) in [5, 5.41) is 0. The van der Waals surface area contributed by atoms with E-state index >= 15 is 0 Å². The van der Waals surface area contributed by atoms with E-state index in [0.717, 1.165) is 106 Å². The van der Waals surface area contributed by atoms with E-state index in [9.17, 15) is 0 Å². The van der Waals surface area contributed by atoms with Gasteiger partial charge in [-0.1, -0.05) is 225 Å². The summed E-state index contributed by atoms with van der Waals surface area (Å²) in [4.78, 5) is 40.7. The summed E-state index contributed by atoms with van der Waals surface area (Å²) < 4.78 is 12.9. The normalized spacial score (nSPS) is 14.2. The molecule has 10 heteroatoms. The molecule has 90 heavy (non-hydrogen) atoms. The molecule has 0 fully saturated rings. The van der Waals surface area contributed by atoms with E-state index in [2.05, 4.69) is 192 Å². The van der Waals surface area contributed by atoms with Gasteiger partial charge in [-0.05, 0) is 133 Å². The van der Waals surface area contributed by atoms with E-state index in [1.165, 1.54) is 5.57 Å². The van der Waals surface area contributed by atoms with E-state index in [-0.39, 0.29) is 0 Å². The Labute approximate surface area is 522 Å². The molecule has 14 aromatic rings. The lowest BCUT2D eigenvalue weighted by Crippen LogP contribution is -2.31. The second-order valence-electron chi connectivity index (χ2n) is 23.5. The molecule has 0 radical (unpaired) electrons. The number of benzene rings is 10. The van der Waals surface area contributed by atoms with Crippen LogP contribution in [0.4, 0.5) is 0 Å². The second-order valence-corrected chi connectivity index (χ2v) is 23.5. The Morgan fingerprint density at radius 2 is 0.733 bits per heavy atom. The molecule has 0 aliphatic heterocycles. The maximum atomic E-state index is 6.64. The minimum absolute atomic E-state index is 0.344. The molecule has 2 atom stereocenters. The number of aromatic nitrogens is 8. The largest absolute Gasteiger partial charge is 0.436 e. The molecule has 0 spiro atoms. The van der Waals surface area contributed by atoms with Gasteiger partial charge in [0, 0.05) is 44.5 Å². The summed E-state index contributed by atoms with van der Waals surface area (Å²) in [6.07, 6.45) is 4.49. The van der Waals surface area contributed by atoms with Gasteiger partial charge in [-0.2, -0.15) is 0 Å². The van der Waals surface area contributed by atoms with Crippen molar-refractivity contribution in [2.75, 3.05) is 0 Å². The van der Waals surface area contributed by atoms with Gasteiger partial charge < -0.3 is 8.83 Å². The summed E-state index contributed by atoms with van der Waals surface area (Å²) in [7, 11) is 0. The van der Waals surface area contributed by atoms with Crippen molar-refractivity contribution in [1.82, 2.24) is 39.9 Å². The summed E-state index contributed by atoms with van der Waals surface area (Å²) in [5.41, 5.74) is 19.3. The van der Waals surface area contributed by atoms with Crippen molar-refractivity contribution in [3.63, 3.8) is 0 Å². The molecule has 0 saturated heterocycles. The van der Waals surface area contributed by atoms with E-state index in [1.54, 1.807) is 0 Å². The summed E-state index contributed by atoms with van der Waals surface area (Å²) >= 11 is 0. The highest BCUT2D eigenvalue weighted by Gasteiger charge is 2.38. The van der Waals surface area contributed by atoms with Gasteiger partial charge in [-0.15, -0.1) is 0 Å². The standard InChI is InChI=1S/C80H60N8O2/c1-49-41-50(2)43-62(42-49)76-86-75(87-77(88-76)63-44-51(3)53(5)52(4)45-63)60-23-18-24-61(47-60)79-82-69-40-35-58(48-71(69)90-79)57-21-17-22-59(46-57)74-84-72(54-19-9-6-10-20-54)83-73(85-74)55-31-36-66(37-32-55)80(64-25-11-7-12-26-64,65-27-13-8-14-28-65)67-38-33-56(34-39-67)78-81-68-29-15-16-30-70(68)89-78/h6-48,51,53H,1-5H3. The average Bonchev–Trinajstić information content (AvgIpc) is 0.913. The molecule has 0 saturated carbocycles. The van der Waals surface area contributed by atoms with Gasteiger partial charge >= 0.3 is 0 Å². The van der Waals surface area contributed by atoms with Crippen molar-refractivity contribution in [1.29, 1.82) is 0 Å². The monoisotopic (exact) mass is 1160 g/mol. The molecule has 0 bridgehead atoms. The van der Waals surface area contributed by atoms with Crippen molar-refractivity contribution in [2.45, 2.75) is 40.0 Å². The van der Waals surface area contributed by atoms with Gasteiger partial charge in [0.2, 0.25) is 11.8 Å². The molecular formula is C80H60N8O2. The van der Waals surface area contributed by atoms with E-state index in [1.807, 2.05) is 103 Å². The third-order valence-electron chi connectivity index (χ3n) is 17.4. The number of oxazole rings is 2. The first-order chi connectivity index (χ1) is 44.1. The smallest absolute Gasteiger partial charge is 0.227 e. The second kappa shape index (κ2) is 23.1. The average molecular weight is 1170 g/mol. The molecule has 1 aliphatic rings. The van der Waals surface area contributed by atoms with E-state index in [0.29, 0.717) is 64.1 Å². The number of hydrogen-bond acceptors (Lipinski definition) is 10. The Morgan fingerprint density at radius 3 is 1.33 bits per heavy atom. The molecule has 0 amide bonds. The number of allylic oxidation sites excluding steroid dienone is 4. The molecule has 2 unspecified atom stereocenters. The first kappa shape index (κ1) is 55.2. The van der Waals surface area contributed by atoms with Crippen LogP contribution in [0.25, 0.3) is 119 Å². The third kappa shape index (κ3) is 10.5. The van der Waals surface area contributed by atoms with Gasteiger partial charge in [-0.3, -0.25) is 0 Å². The zero-order chi connectivity index (χ0) is 60.9. The van der Waals surface area contributed by atoms with E-state index in [4.69, 9.17) is 48.7 Å². The first-order valence-electron chi connectivity index (χ1n) is 30.4. The number of para-hydroxylation sites is 2. The number of nitrogens with zero attached hydrogens (tertiary/aromatic N) is 8. The predicted molar refractivity (Wildman–Crippen MR) is 360 cm³/mol. The lowest BCUT2D eigenvalue weighted by molar-refractivity contribution is 0.524. The van der Waals surface area contributed by atoms with Crippen molar-refractivity contribution in [2.24, 2.45) is 11.8 Å². The fourth-order valence-electron chi connectivity index (χ4n) is 12.6. The van der Waals surface area contributed by atoms with Crippen molar-refractivity contribution in [3.8, 4) is 91.0 Å². The van der Waals surface area contributed by atoms with Gasteiger partial charge in [0.25, 0.3) is 0 Å². The summed E-state index contributed by atoms with van der Waals surface area (Å²) in [6.45, 7) is 10.9. The van der Waals surface area contributed by atoms with Gasteiger partial charge in [0.15, 0.2) is 46.1 Å². The zero-order valence-corrected chi connectivity index (χ0v) is 50.4. The zero-order valence-electron chi connectivity index (χ0n) is 50.4. The first-order valence-corrected chi connectivity index (χ1v) is 30.4. The Kier molecular flexibility index (Phi) is 14.1.